The fourth-order valence-corrected chi connectivity index (χ4v) is 5.00. The lowest BCUT2D eigenvalue weighted by atomic mass is 10.4. The summed E-state index contributed by atoms with van der Waals surface area (Å²) in [7, 11) is 0. The Hall–Kier alpha value is 0.290. The van der Waals surface area contributed by atoms with Crippen LogP contribution in [0.25, 0.3) is 0 Å². The van der Waals surface area contributed by atoms with Crippen molar-refractivity contribution in [3.8, 4) is 0 Å². The maximum Gasteiger partial charge on any atom is 0.0926 e. The fourth-order valence-electron chi connectivity index (χ4n) is 1.61. The summed E-state index contributed by atoms with van der Waals surface area (Å²) >= 11 is 5.96. The van der Waals surface area contributed by atoms with E-state index < -0.39 is 0 Å². The molecule has 0 spiro atoms. The Labute approximate surface area is 110 Å². The van der Waals surface area contributed by atoms with Gasteiger partial charge in [-0.15, -0.1) is 11.3 Å². The van der Waals surface area contributed by atoms with Crippen LogP contribution >= 0.6 is 34.9 Å². The summed E-state index contributed by atoms with van der Waals surface area (Å²) in [5.41, 5.74) is 1.20. The second-order valence-corrected chi connectivity index (χ2v) is 7.29. The van der Waals surface area contributed by atoms with E-state index in [0.29, 0.717) is 0 Å². The highest BCUT2D eigenvalue weighted by atomic mass is 32.2. The number of aryl methyl sites for hydroxylation is 1. The summed E-state index contributed by atoms with van der Waals surface area (Å²) in [5.74, 6) is 3.94. The van der Waals surface area contributed by atoms with Crippen molar-refractivity contribution in [2.45, 2.75) is 25.1 Å². The van der Waals surface area contributed by atoms with Crippen LogP contribution in [0.4, 0.5) is 0 Å². The zero-order valence-corrected chi connectivity index (χ0v) is 12.0. The Kier molecular flexibility index (Phi) is 5.48. The van der Waals surface area contributed by atoms with Gasteiger partial charge in [-0.05, 0) is 6.42 Å². The van der Waals surface area contributed by atoms with E-state index in [2.05, 4.69) is 46.1 Å². The average Bonchev–Trinajstić information content (AvgIpc) is 2.78. The highest BCUT2D eigenvalue weighted by Crippen LogP contribution is 2.23. The van der Waals surface area contributed by atoms with E-state index in [9.17, 15) is 0 Å². The Morgan fingerprint density at radius 1 is 1.50 bits per heavy atom. The van der Waals surface area contributed by atoms with Gasteiger partial charge in [0.1, 0.15) is 0 Å². The smallest absolute Gasteiger partial charge is 0.0926 e. The molecule has 0 aliphatic carbocycles. The zero-order valence-electron chi connectivity index (χ0n) is 9.57. The first kappa shape index (κ1) is 12.7. The second kappa shape index (κ2) is 6.89. The van der Waals surface area contributed by atoms with Crippen molar-refractivity contribution in [3.63, 3.8) is 0 Å². The van der Waals surface area contributed by atoms with E-state index >= 15 is 0 Å². The van der Waals surface area contributed by atoms with E-state index in [1.54, 1.807) is 11.3 Å². The van der Waals surface area contributed by atoms with Gasteiger partial charge in [-0.1, -0.05) is 6.92 Å². The van der Waals surface area contributed by atoms with Crippen LogP contribution < -0.4 is 5.32 Å². The molecule has 1 aliphatic heterocycles. The molecule has 1 aromatic heterocycles. The van der Waals surface area contributed by atoms with Crippen molar-refractivity contribution in [2.24, 2.45) is 0 Å². The summed E-state index contributed by atoms with van der Waals surface area (Å²) in [5, 5.41) is 7.74. The van der Waals surface area contributed by atoms with E-state index in [-0.39, 0.29) is 0 Å². The first-order valence-electron chi connectivity index (χ1n) is 5.72. The van der Waals surface area contributed by atoms with Gasteiger partial charge in [0.05, 0.1) is 10.7 Å². The minimum atomic E-state index is 0.794. The Balaban J connectivity index is 1.66. The van der Waals surface area contributed by atoms with Gasteiger partial charge in [0.25, 0.3) is 0 Å². The first-order chi connectivity index (χ1) is 7.88. The van der Waals surface area contributed by atoms with Crippen LogP contribution in [0.5, 0.6) is 0 Å². The maximum atomic E-state index is 4.56. The molecule has 1 fully saturated rings. The lowest BCUT2D eigenvalue weighted by Crippen LogP contribution is -2.28. The predicted octanol–water partition coefficient (Wildman–Crippen LogP) is 2.64. The quantitative estimate of drug-likeness (QED) is 0.892. The average molecular weight is 274 g/mol. The summed E-state index contributed by atoms with van der Waals surface area (Å²) < 4.78 is 0. The molecule has 0 aromatic carbocycles. The number of thioether (sulfide) groups is 2. The SMILES string of the molecule is CCc1nc(CNC[C@@H]2CSCCS2)cs1. The molecular formula is C11H18N2S3. The molecule has 1 aliphatic rings. The van der Waals surface area contributed by atoms with Crippen molar-refractivity contribution in [1.29, 1.82) is 0 Å². The second-order valence-electron chi connectivity index (χ2n) is 3.78. The van der Waals surface area contributed by atoms with Crippen LogP contribution in [0, 0.1) is 0 Å². The van der Waals surface area contributed by atoms with Gasteiger partial charge in [0, 0.05) is 41.0 Å². The first-order valence-corrected chi connectivity index (χ1v) is 8.80. The topological polar surface area (TPSA) is 24.9 Å². The van der Waals surface area contributed by atoms with E-state index in [1.165, 1.54) is 28.0 Å². The molecule has 90 valence electrons. The highest BCUT2D eigenvalue weighted by molar-refractivity contribution is 8.06. The van der Waals surface area contributed by atoms with E-state index in [0.717, 1.165) is 24.8 Å². The molecule has 2 nitrogen and oxygen atoms in total. The third kappa shape index (κ3) is 3.95. The van der Waals surface area contributed by atoms with Crippen molar-refractivity contribution in [3.05, 3.63) is 16.1 Å². The molecule has 0 unspecified atom stereocenters. The lowest BCUT2D eigenvalue weighted by Gasteiger charge is -2.20. The fraction of sp³-hybridized carbons (Fsp3) is 0.727. The molecule has 0 radical (unpaired) electrons. The third-order valence-corrected chi connectivity index (χ3v) is 6.35. The van der Waals surface area contributed by atoms with E-state index in [1.807, 2.05) is 0 Å². The summed E-state index contributed by atoms with van der Waals surface area (Å²) in [4.78, 5) is 4.56. The molecular weight excluding hydrogens is 256 g/mol. The standard InChI is InChI=1S/C11H18N2S3/c1-2-11-13-9(7-16-11)5-12-6-10-8-14-3-4-15-10/h7,10,12H,2-6,8H2,1H3/t10-/m1/s1. The minimum Gasteiger partial charge on any atom is -0.310 e. The maximum absolute atomic E-state index is 4.56. The Morgan fingerprint density at radius 2 is 2.44 bits per heavy atom. The number of nitrogens with zero attached hydrogens (tertiary/aromatic N) is 1. The van der Waals surface area contributed by atoms with Gasteiger partial charge < -0.3 is 5.32 Å². The molecule has 5 heteroatoms. The summed E-state index contributed by atoms with van der Waals surface area (Å²) in [6.07, 6.45) is 1.06. The highest BCUT2D eigenvalue weighted by Gasteiger charge is 2.13. The van der Waals surface area contributed by atoms with Crippen LogP contribution in [0.3, 0.4) is 0 Å². The lowest BCUT2D eigenvalue weighted by molar-refractivity contribution is 0.675. The van der Waals surface area contributed by atoms with Gasteiger partial charge in [-0.2, -0.15) is 23.5 Å². The largest absolute Gasteiger partial charge is 0.310 e. The molecule has 16 heavy (non-hydrogen) atoms. The van der Waals surface area contributed by atoms with Crippen LogP contribution in [0.1, 0.15) is 17.6 Å². The molecule has 0 saturated carbocycles. The number of hydrogen-bond acceptors (Lipinski definition) is 5. The Bertz CT molecular complexity index is 308. The monoisotopic (exact) mass is 274 g/mol. The number of nitrogens with one attached hydrogen (secondary N) is 1. The van der Waals surface area contributed by atoms with Crippen molar-refractivity contribution >= 4 is 34.9 Å². The molecule has 1 aromatic rings. The third-order valence-electron chi connectivity index (χ3n) is 2.46. The van der Waals surface area contributed by atoms with Crippen LogP contribution in [0.2, 0.25) is 0 Å². The Morgan fingerprint density at radius 3 is 3.12 bits per heavy atom. The van der Waals surface area contributed by atoms with Crippen molar-refractivity contribution in [2.75, 3.05) is 23.8 Å². The predicted molar refractivity (Wildman–Crippen MR) is 76.8 cm³/mol. The normalized spacial score (nSPS) is 21.2. The van der Waals surface area contributed by atoms with Crippen molar-refractivity contribution < 1.29 is 0 Å². The van der Waals surface area contributed by atoms with Gasteiger partial charge in [-0.25, -0.2) is 4.98 Å². The van der Waals surface area contributed by atoms with Crippen LogP contribution in [-0.2, 0) is 13.0 Å². The molecule has 1 saturated heterocycles. The van der Waals surface area contributed by atoms with Gasteiger partial charge in [0.15, 0.2) is 0 Å². The zero-order chi connectivity index (χ0) is 11.2. The van der Waals surface area contributed by atoms with Crippen LogP contribution in [0.15, 0.2) is 5.38 Å². The van der Waals surface area contributed by atoms with Crippen molar-refractivity contribution in [1.82, 2.24) is 10.3 Å². The number of rotatable bonds is 5. The molecule has 0 amide bonds. The van der Waals surface area contributed by atoms with E-state index in [4.69, 9.17) is 0 Å². The number of hydrogen-bond donors (Lipinski definition) is 1. The number of thiazole rings is 1. The summed E-state index contributed by atoms with van der Waals surface area (Å²) in [6, 6.07) is 0. The van der Waals surface area contributed by atoms with Gasteiger partial charge >= 0.3 is 0 Å². The molecule has 0 bridgehead atoms. The van der Waals surface area contributed by atoms with Gasteiger partial charge in [-0.3, -0.25) is 0 Å². The number of aromatic nitrogens is 1. The molecule has 1 N–H and O–H groups in total. The molecule has 2 rings (SSSR count). The summed E-state index contributed by atoms with van der Waals surface area (Å²) in [6.45, 7) is 4.21. The molecule has 1 atom stereocenters. The van der Waals surface area contributed by atoms with Gasteiger partial charge in [0.2, 0.25) is 0 Å². The minimum absolute atomic E-state index is 0.794. The van der Waals surface area contributed by atoms with Crippen LogP contribution in [-0.4, -0.2) is 34.0 Å². The molecule has 2 heterocycles.